The van der Waals surface area contributed by atoms with Crippen LogP contribution in [0.25, 0.3) is 0 Å². The number of esters is 2. The second-order valence-corrected chi connectivity index (χ2v) is 27.3. The number of rotatable bonds is 38. The minimum absolute atomic E-state index is 0.0468. The van der Waals surface area contributed by atoms with Crippen LogP contribution in [0.4, 0.5) is 0 Å². The van der Waals surface area contributed by atoms with Crippen molar-refractivity contribution in [3.63, 3.8) is 0 Å². The van der Waals surface area contributed by atoms with Gasteiger partial charge in [-0.05, 0) is 79.9 Å². The summed E-state index contributed by atoms with van der Waals surface area (Å²) in [6, 6.07) is 108. The molecule has 17 nitrogen and oxygen atoms in total. The van der Waals surface area contributed by atoms with Gasteiger partial charge in [0.05, 0.1) is 39.6 Å². The second-order valence-electron chi connectivity index (χ2n) is 27.3. The SMILES string of the molecule is O=C(OC[C@H]1O[C@H](O[C@H]2O[C@H](COC(=O)c3cccc(OCc4ccccc4)c3OCc3ccccc3)[C@@H](OCc3ccccc3)[C@H](OCc3ccccc3)[C@H]2OCc2ccccc2)[C@H](OCc2ccccc2)[C@@H](OCc2ccccc2)[C@@H]1OCc1ccccc1)c1cccc(OCc2ccccc2)c1OCc1ccccc1. The topological polar surface area (TPSA) is 173 Å². The molecule has 12 aromatic rings. The quantitative estimate of drug-likeness (QED) is 0.0334. The van der Waals surface area contributed by atoms with Gasteiger partial charge in [0, 0.05) is 0 Å². The molecule has 2 heterocycles. The van der Waals surface area contributed by atoms with Crippen LogP contribution in [0.5, 0.6) is 23.0 Å². The number of carbonyl (C=O) groups is 2. The van der Waals surface area contributed by atoms with E-state index in [9.17, 15) is 0 Å². The van der Waals surface area contributed by atoms with Gasteiger partial charge in [-0.3, -0.25) is 0 Å². The van der Waals surface area contributed by atoms with Crippen molar-refractivity contribution in [2.45, 2.75) is 127 Å². The van der Waals surface area contributed by atoms with E-state index in [-0.39, 0.29) is 88.7 Å². The number of para-hydroxylation sites is 2. The Hall–Kier alpha value is -11.6. The number of carbonyl (C=O) groups excluding carboxylic acids is 2. The predicted molar refractivity (Wildman–Crippen MR) is 425 cm³/mol. The zero-order valence-corrected chi connectivity index (χ0v) is 62.5. The molecule has 0 saturated carbocycles. The van der Waals surface area contributed by atoms with Gasteiger partial charge < -0.3 is 71.1 Å². The summed E-state index contributed by atoms with van der Waals surface area (Å²) in [5.74, 6) is -0.454. The van der Waals surface area contributed by atoms with Crippen molar-refractivity contribution in [1.29, 1.82) is 0 Å². The summed E-state index contributed by atoms with van der Waals surface area (Å²) in [6.07, 6.45) is -11.9. The molecule has 10 atom stereocenters. The molecular weight excluding hydrogens is 1430 g/mol. The molecule has 0 bridgehead atoms. The molecule has 17 heteroatoms. The molecule has 0 amide bonds. The first-order valence-electron chi connectivity index (χ1n) is 38.0. The van der Waals surface area contributed by atoms with Gasteiger partial charge in [-0.15, -0.1) is 0 Å². The normalized spacial score (nSPS) is 19.3. The fourth-order valence-electron chi connectivity index (χ4n) is 13.4. The molecule has 2 saturated heterocycles. The maximum absolute atomic E-state index is 15.3. The van der Waals surface area contributed by atoms with Crippen LogP contribution in [0, 0.1) is 0 Å². The number of hydrogen-bond donors (Lipinski definition) is 0. The predicted octanol–water partition coefficient (Wildman–Crippen LogP) is 18.0. The van der Waals surface area contributed by atoms with Crippen LogP contribution >= 0.6 is 0 Å². The standard InChI is InChI=1S/C96H90O17/c97-93(79-53-31-55-81(99-57-69-33-11-1-12-34-69)85(79)101-59-71-37-15-3-16-38-71)109-67-83-87(103-61-73-41-19-5-20-42-73)89(105-63-75-45-23-7-24-46-75)91(107-65-77-49-27-9-28-50-77)95(111-83)113-96-92(108-66-78-51-29-10-30-52-78)90(106-64-76-47-25-8-26-48-76)88(104-62-74-43-21-6-22-44-74)84(112-96)68-110-94(98)80-54-32-56-82(100-58-70-35-13-2-14-36-70)86(80)102-60-72-39-17-4-18-40-72/h1-56,83-84,87-92,95-96H,57-68H2/t83-,84-,87-,88-,89+,90+,91-,92-,95-,96-/m1/s1. The van der Waals surface area contributed by atoms with Gasteiger partial charge in [0.25, 0.3) is 0 Å². The van der Waals surface area contributed by atoms with Crippen molar-refractivity contribution in [1.82, 2.24) is 0 Å². The lowest BCUT2D eigenvalue weighted by Crippen LogP contribution is -2.66. The Bertz CT molecular complexity index is 4490. The second kappa shape index (κ2) is 41.1. The highest BCUT2D eigenvalue weighted by Gasteiger charge is 2.55. The first kappa shape index (κ1) is 78.1. The maximum Gasteiger partial charge on any atom is 0.342 e. The fourth-order valence-corrected chi connectivity index (χ4v) is 13.4. The molecule has 14 rings (SSSR count). The van der Waals surface area contributed by atoms with Crippen LogP contribution in [0.3, 0.4) is 0 Å². The molecule has 2 fully saturated rings. The Kier molecular flexibility index (Phi) is 28.4. The van der Waals surface area contributed by atoms with E-state index in [1.54, 1.807) is 36.4 Å². The summed E-state index contributed by atoms with van der Waals surface area (Å²) in [4.78, 5) is 30.7. The van der Waals surface area contributed by atoms with Gasteiger partial charge >= 0.3 is 11.9 Å². The van der Waals surface area contributed by atoms with Crippen LogP contribution in [-0.2, 0) is 118 Å². The molecule has 0 radical (unpaired) electrons. The molecule has 0 unspecified atom stereocenters. The average molecular weight is 1520 g/mol. The van der Waals surface area contributed by atoms with Crippen molar-refractivity contribution in [3.05, 3.63) is 406 Å². The molecule has 576 valence electrons. The lowest BCUT2D eigenvalue weighted by atomic mass is 9.96. The summed E-state index contributed by atoms with van der Waals surface area (Å²) in [5, 5.41) is 0. The molecular formula is C96H90O17. The van der Waals surface area contributed by atoms with Gasteiger partial charge in [0.1, 0.15) is 99.6 Å². The third kappa shape index (κ3) is 22.4. The fraction of sp³-hybridized carbons (Fsp3) is 0.229. The smallest absolute Gasteiger partial charge is 0.342 e. The van der Waals surface area contributed by atoms with Crippen molar-refractivity contribution in [2.24, 2.45) is 0 Å². The summed E-state index contributed by atoms with van der Waals surface area (Å²) in [7, 11) is 0. The summed E-state index contributed by atoms with van der Waals surface area (Å²) < 4.78 is 105. The molecule has 2 aliphatic heterocycles. The van der Waals surface area contributed by atoms with Crippen molar-refractivity contribution < 1.29 is 80.6 Å². The number of hydrogen-bond acceptors (Lipinski definition) is 17. The summed E-state index contributed by atoms with van der Waals surface area (Å²) >= 11 is 0. The van der Waals surface area contributed by atoms with E-state index in [4.69, 9.17) is 71.1 Å². The highest BCUT2D eigenvalue weighted by atomic mass is 16.8. The third-order valence-electron chi connectivity index (χ3n) is 19.2. The van der Waals surface area contributed by atoms with Crippen LogP contribution in [-0.4, -0.2) is 86.6 Å². The number of ether oxygens (including phenoxy) is 15. The Balaban J connectivity index is 0.859. The Morgan fingerprint density at radius 3 is 0.708 bits per heavy atom. The first-order valence-corrected chi connectivity index (χ1v) is 38.0. The monoisotopic (exact) mass is 1510 g/mol. The zero-order valence-electron chi connectivity index (χ0n) is 62.5. The van der Waals surface area contributed by atoms with Gasteiger partial charge in [-0.1, -0.05) is 315 Å². The largest absolute Gasteiger partial charge is 0.485 e. The van der Waals surface area contributed by atoms with Crippen LogP contribution in [0.1, 0.15) is 76.4 Å². The Morgan fingerprint density at radius 1 is 0.230 bits per heavy atom. The van der Waals surface area contributed by atoms with E-state index in [0.717, 1.165) is 55.6 Å². The van der Waals surface area contributed by atoms with E-state index in [1.165, 1.54) is 0 Å². The lowest BCUT2D eigenvalue weighted by molar-refractivity contribution is -0.393. The van der Waals surface area contributed by atoms with Crippen molar-refractivity contribution in [2.75, 3.05) is 13.2 Å². The zero-order chi connectivity index (χ0) is 76.9. The first-order chi connectivity index (χ1) is 55.9. The van der Waals surface area contributed by atoms with E-state index in [1.807, 2.05) is 303 Å². The highest BCUT2D eigenvalue weighted by molar-refractivity contribution is 5.94. The van der Waals surface area contributed by atoms with Crippen molar-refractivity contribution >= 4 is 11.9 Å². The minimum Gasteiger partial charge on any atom is -0.485 e. The van der Waals surface area contributed by atoms with Gasteiger partial charge in [0.2, 0.25) is 0 Å². The van der Waals surface area contributed by atoms with Crippen molar-refractivity contribution in [3.8, 4) is 23.0 Å². The number of benzene rings is 12. The van der Waals surface area contributed by atoms with Crippen LogP contribution in [0.2, 0.25) is 0 Å². The highest BCUT2D eigenvalue weighted by Crippen LogP contribution is 2.40. The minimum atomic E-state index is -1.48. The Morgan fingerprint density at radius 2 is 0.451 bits per heavy atom. The van der Waals surface area contributed by atoms with Gasteiger partial charge in [-0.2, -0.15) is 0 Å². The average Bonchev–Trinajstić information content (AvgIpc) is 0.770. The summed E-state index contributed by atoms with van der Waals surface area (Å²) in [5.41, 5.74) is 8.84. The molecule has 0 spiro atoms. The molecule has 0 aromatic heterocycles. The molecule has 2 aliphatic rings. The molecule has 12 aromatic carbocycles. The van der Waals surface area contributed by atoms with E-state index < -0.39 is 86.6 Å². The molecule has 113 heavy (non-hydrogen) atoms. The van der Waals surface area contributed by atoms with E-state index in [2.05, 4.69) is 0 Å². The van der Waals surface area contributed by atoms with Crippen LogP contribution < -0.4 is 18.9 Å². The molecule has 0 N–H and O–H groups in total. The van der Waals surface area contributed by atoms with Gasteiger partial charge in [-0.25, -0.2) is 9.59 Å². The maximum atomic E-state index is 15.3. The van der Waals surface area contributed by atoms with Crippen LogP contribution in [0.15, 0.2) is 340 Å². The Labute approximate surface area is 659 Å². The third-order valence-corrected chi connectivity index (χ3v) is 19.2. The summed E-state index contributed by atoms with van der Waals surface area (Å²) in [6.45, 7) is 0.174. The van der Waals surface area contributed by atoms with E-state index >= 15 is 9.59 Å². The lowest BCUT2D eigenvalue weighted by Gasteiger charge is -2.49. The molecule has 0 aliphatic carbocycles. The van der Waals surface area contributed by atoms with E-state index in [0.29, 0.717) is 11.5 Å². The van der Waals surface area contributed by atoms with Gasteiger partial charge in [0.15, 0.2) is 35.6 Å².